The molecule has 1 aromatic heterocycles. The lowest BCUT2D eigenvalue weighted by atomic mass is 10.1. The third kappa shape index (κ3) is 3.57. The number of para-hydroxylation sites is 1. The van der Waals surface area contributed by atoms with Crippen LogP contribution in [0.4, 0.5) is 11.4 Å². The van der Waals surface area contributed by atoms with Crippen molar-refractivity contribution >= 4 is 38.2 Å². The molecule has 0 atom stereocenters. The number of nitrogens with one attached hydrogen (secondary N) is 1. The van der Waals surface area contributed by atoms with Gasteiger partial charge >= 0.3 is 0 Å². The molecule has 0 aliphatic carbocycles. The van der Waals surface area contributed by atoms with Crippen LogP contribution in [0.3, 0.4) is 0 Å². The number of aromatic nitrogens is 2. The first-order valence-electron chi connectivity index (χ1n) is 9.04. The summed E-state index contributed by atoms with van der Waals surface area (Å²) in [6.45, 7) is 1.38. The quantitative estimate of drug-likeness (QED) is 0.463. The van der Waals surface area contributed by atoms with E-state index in [0.717, 1.165) is 17.0 Å². The summed E-state index contributed by atoms with van der Waals surface area (Å²) in [4.78, 5) is 26.8. The monoisotopic (exact) mass is 430 g/mol. The number of nitrogens with zero attached hydrogens (tertiary/aromatic N) is 4. The van der Waals surface area contributed by atoms with Crippen molar-refractivity contribution < 1.29 is 18.1 Å². The summed E-state index contributed by atoms with van der Waals surface area (Å²) in [5.41, 5.74) is 1.04. The molecule has 0 saturated carbocycles. The van der Waals surface area contributed by atoms with Crippen molar-refractivity contribution in [3.63, 3.8) is 0 Å². The number of hydrogen-bond donors (Lipinski definition) is 2. The molecule has 1 fully saturated rings. The van der Waals surface area contributed by atoms with E-state index in [1.54, 1.807) is 9.80 Å². The highest BCUT2D eigenvalue weighted by atomic mass is 32.2. The summed E-state index contributed by atoms with van der Waals surface area (Å²) in [6.07, 6.45) is 0. The van der Waals surface area contributed by atoms with Crippen molar-refractivity contribution in [3.05, 3.63) is 58.3 Å². The van der Waals surface area contributed by atoms with Gasteiger partial charge in [-0.15, -0.1) is 0 Å². The SMILES string of the molecule is NS(=O)(=O)c1ccc(N2CCN(C(=O)c3n[nH]c4ccccc34)CC2)c([N+](=O)[O-])c1. The van der Waals surface area contributed by atoms with Gasteiger partial charge in [-0.3, -0.25) is 20.0 Å². The summed E-state index contributed by atoms with van der Waals surface area (Å²) in [7, 11) is -4.06. The third-order valence-corrected chi connectivity index (χ3v) is 5.96. The molecule has 11 nitrogen and oxygen atoms in total. The number of nitrogens with two attached hydrogens (primary N) is 1. The Kier molecular flexibility index (Phi) is 4.87. The molecular formula is C18H18N6O5S. The number of hydrogen-bond acceptors (Lipinski definition) is 7. The molecule has 0 bridgehead atoms. The van der Waals surface area contributed by atoms with Crippen LogP contribution in [0.25, 0.3) is 10.9 Å². The van der Waals surface area contributed by atoms with Crippen molar-refractivity contribution in [2.75, 3.05) is 31.1 Å². The topological polar surface area (TPSA) is 156 Å². The molecule has 2 aromatic carbocycles. The van der Waals surface area contributed by atoms with E-state index in [9.17, 15) is 23.3 Å². The van der Waals surface area contributed by atoms with Gasteiger partial charge in [0.2, 0.25) is 10.0 Å². The average molecular weight is 430 g/mol. The molecule has 1 saturated heterocycles. The van der Waals surface area contributed by atoms with Crippen LogP contribution in [0.5, 0.6) is 0 Å². The highest BCUT2D eigenvalue weighted by molar-refractivity contribution is 7.89. The Bertz CT molecular complexity index is 1250. The Morgan fingerprint density at radius 1 is 1.13 bits per heavy atom. The number of primary sulfonamides is 1. The van der Waals surface area contributed by atoms with Crippen LogP contribution in [0, 0.1) is 10.1 Å². The number of piperazine rings is 1. The van der Waals surface area contributed by atoms with Gasteiger partial charge in [-0.2, -0.15) is 5.10 Å². The zero-order valence-electron chi connectivity index (χ0n) is 15.7. The smallest absolute Gasteiger partial charge is 0.293 e. The molecule has 1 amide bonds. The Labute approximate surface area is 171 Å². The number of fused-ring (bicyclic) bond motifs is 1. The molecule has 0 spiro atoms. The van der Waals surface area contributed by atoms with E-state index < -0.39 is 14.9 Å². The summed E-state index contributed by atoms with van der Waals surface area (Å²) >= 11 is 0. The van der Waals surface area contributed by atoms with E-state index in [0.29, 0.717) is 31.9 Å². The minimum atomic E-state index is -4.06. The molecule has 3 N–H and O–H groups in total. The number of aromatic amines is 1. The normalized spacial score (nSPS) is 14.8. The predicted molar refractivity (Wildman–Crippen MR) is 109 cm³/mol. The average Bonchev–Trinajstić information content (AvgIpc) is 3.16. The number of carbonyl (C=O) groups excluding carboxylic acids is 1. The Balaban J connectivity index is 1.53. The third-order valence-electron chi connectivity index (χ3n) is 5.05. The van der Waals surface area contributed by atoms with Gasteiger partial charge in [0.15, 0.2) is 5.69 Å². The lowest BCUT2D eigenvalue weighted by molar-refractivity contribution is -0.384. The molecule has 12 heteroatoms. The number of sulfonamides is 1. The summed E-state index contributed by atoms with van der Waals surface area (Å²) < 4.78 is 23.0. The fourth-order valence-corrected chi connectivity index (χ4v) is 4.05. The van der Waals surface area contributed by atoms with Crippen molar-refractivity contribution in [2.45, 2.75) is 4.90 Å². The number of anilines is 1. The van der Waals surface area contributed by atoms with Crippen molar-refractivity contribution in [3.8, 4) is 0 Å². The number of rotatable bonds is 4. The second-order valence-corrected chi connectivity index (χ2v) is 8.41. The van der Waals surface area contributed by atoms with Crippen LogP contribution in [0.1, 0.15) is 10.5 Å². The molecule has 0 unspecified atom stereocenters. The Morgan fingerprint density at radius 3 is 2.50 bits per heavy atom. The van der Waals surface area contributed by atoms with Gasteiger partial charge in [-0.1, -0.05) is 18.2 Å². The maximum Gasteiger partial charge on any atom is 0.293 e. The van der Waals surface area contributed by atoms with Crippen LogP contribution in [0.2, 0.25) is 0 Å². The van der Waals surface area contributed by atoms with E-state index in [2.05, 4.69) is 10.2 Å². The maximum absolute atomic E-state index is 12.9. The van der Waals surface area contributed by atoms with Gasteiger partial charge in [-0.25, -0.2) is 13.6 Å². The van der Waals surface area contributed by atoms with Gasteiger partial charge in [0, 0.05) is 37.6 Å². The molecule has 3 aromatic rings. The highest BCUT2D eigenvalue weighted by Gasteiger charge is 2.29. The first-order chi connectivity index (χ1) is 14.3. The number of benzene rings is 2. The largest absolute Gasteiger partial charge is 0.362 e. The van der Waals surface area contributed by atoms with Crippen molar-refractivity contribution in [2.24, 2.45) is 5.14 Å². The summed E-state index contributed by atoms with van der Waals surface area (Å²) in [5, 5.41) is 24.2. The van der Waals surface area contributed by atoms with Crippen LogP contribution in [-0.4, -0.2) is 60.5 Å². The van der Waals surface area contributed by atoms with Gasteiger partial charge < -0.3 is 9.80 Å². The lowest BCUT2D eigenvalue weighted by Crippen LogP contribution is -2.49. The second-order valence-electron chi connectivity index (χ2n) is 6.85. The van der Waals surface area contributed by atoms with Crippen LogP contribution >= 0.6 is 0 Å². The number of carbonyl (C=O) groups is 1. The summed E-state index contributed by atoms with van der Waals surface area (Å²) in [5.74, 6) is -0.217. The fraction of sp³-hybridized carbons (Fsp3) is 0.222. The Morgan fingerprint density at radius 2 is 1.83 bits per heavy atom. The van der Waals surface area contributed by atoms with Crippen LogP contribution < -0.4 is 10.0 Å². The molecule has 0 radical (unpaired) electrons. The van der Waals surface area contributed by atoms with Crippen molar-refractivity contribution in [1.82, 2.24) is 15.1 Å². The zero-order valence-corrected chi connectivity index (χ0v) is 16.5. The second kappa shape index (κ2) is 7.39. The molecule has 156 valence electrons. The molecule has 2 heterocycles. The maximum atomic E-state index is 12.9. The van der Waals surface area contributed by atoms with E-state index in [1.807, 2.05) is 24.3 Å². The number of H-pyrrole nitrogens is 1. The van der Waals surface area contributed by atoms with Gasteiger partial charge in [-0.05, 0) is 18.2 Å². The fourth-order valence-electron chi connectivity index (χ4n) is 3.52. The summed E-state index contributed by atoms with van der Waals surface area (Å²) in [6, 6.07) is 10.9. The van der Waals surface area contributed by atoms with Gasteiger partial charge in [0.25, 0.3) is 11.6 Å². The number of nitro groups is 1. The van der Waals surface area contributed by atoms with Crippen LogP contribution in [-0.2, 0) is 10.0 Å². The van der Waals surface area contributed by atoms with Crippen LogP contribution in [0.15, 0.2) is 47.4 Å². The lowest BCUT2D eigenvalue weighted by Gasteiger charge is -2.35. The molecule has 1 aliphatic rings. The minimum absolute atomic E-state index is 0.217. The molecule has 1 aliphatic heterocycles. The zero-order chi connectivity index (χ0) is 21.5. The van der Waals surface area contributed by atoms with E-state index >= 15 is 0 Å². The molecular weight excluding hydrogens is 412 g/mol. The first-order valence-corrected chi connectivity index (χ1v) is 10.6. The van der Waals surface area contributed by atoms with Gasteiger partial charge in [0.05, 0.1) is 15.3 Å². The van der Waals surface area contributed by atoms with E-state index in [4.69, 9.17) is 5.14 Å². The number of amides is 1. The minimum Gasteiger partial charge on any atom is -0.362 e. The van der Waals surface area contributed by atoms with Gasteiger partial charge in [0.1, 0.15) is 5.69 Å². The van der Waals surface area contributed by atoms with E-state index in [1.165, 1.54) is 12.1 Å². The number of nitro benzene ring substituents is 1. The molecule has 30 heavy (non-hydrogen) atoms. The molecule has 4 rings (SSSR count). The Hall–Kier alpha value is -3.51. The highest BCUT2D eigenvalue weighted by Crippen LogP contribution is 2.31. The van der Waals surface area contributed by atoms with Crippen molar-refractivity contribution in [1.29, 1.82) is 0 Å². The van der Waals surface area contributed by atoms with E-state index in [-0.39, 0.29) is 22.2 Å². The standard InChI is InChI=1S/C18H18N6O5S/c19-30(28,29)12-5-6-15(16(11-12)24(26)27)22-7-9-23(10-8-22)18(25)17-13-3-1-2-4-14(13)20-21-17/h1-6,11H,7-10H2,(H,20,21)(H2,19,28,29). The first kappa shape index (κ1) is 19.8. The predicted octanol–water partition coefficient (Wildman–Crippen LogP) is 1.08.